The van der Waals surface area contributed by atoms with Gasteiger partial charge in [-0.1, -0.05) is 38.5 Å². The van der Waals surface area contributed by atoms with Gasteiger partial charge in [0.25, 0.3) is 0 Å². The van der Waals surface area contributed by atoms with Crippen LogP contribution >= 0.6 is 0 Å². The number of ether oxygens (including phenoxy) is 1. The maximum Gasteiger partial charge on any atom is 0.313 e. The summed E-state index contributed by atoms with van der Waals surface area (Å²) in [6.45, 7) is 7.19. The van der Waals surface area contributed by atoms with Gasteiger partial charge in [-0.25, -0.2) is 4.98 Å². The van der Waals surface area contributed by atoms with Gasteiger partial charge in [0.05, 0.1) is 35.1 Å². The minimum absolute atomic E-state index is 0.0736. The summed E-state index contributed by atoms with van der Waals surface area (Å²) in [5, 5.41) is 1.09. The molecule has 1 aliphatic rings. The third-order valence-corrected chi connectivity index (χ3v) is 5.52. The van der Waals surface area contributed by atoms with Gasteiger partial charge in [-0.15, -0.1) is 0 Å². The molecule has 5 heteroatoms. The molecule has 1 aliphatic carbocycles. The van der Waals surface area contributed by atoms with Gasteiger partial charge in [0.1, 0.15) is 5.52 Å². The Balaban J connectivity index is 1.87. The van der Waals surface area contributed by atoms with Crippen molar-refractivity contribution in [2.24, 2.45) is 5.41 Å². The van der Waals surface area contributed by atoms with E-state index in [9.17, 15) is 4.79 Å². The molecule has 0 unspecified atom stereocenters. The summed E-state index contributed by atoms with van der Waals surface area (Å²) in [6.07, 6.45) is 4.70. The summed E-state index contributed by atoms with van der Waals surface area (Å²) < 4.78 is 7.51. The highest BCUT2D eigenvalue weighted by atomic mass is 16.5. The van der Waals surface area contributed by atoms with Crippen molar-refractivity contribution in [3.05, 3.63) is 36.3 Å². The molecule has 2 aromatic heterocycles. The molecule has 4 rings (SSSR count). The van der Waals surface area contributed by atoms with Gasteiger partial charge in [0.15, 0.2) is 0 Å². The number of benzene rings is 1. The van der Waals surface area contributed by atoms with E-state index in [0.29, 0.717) is 13.2 Å². The van der Waals surface area contributed by atoms with Crippen LogP contribution in [0, 0.1) is 5.41 Å². The third-order valence-electron chi connectivity index (χ3n) is 5.52. The number of para-hydroxylation sites is 1. The van der Waals surface area contributed by atoms with E-state index in [2.05, 4.69) is 29.5 Å². The van der Waals surface area contributed by atoms with Crippen molar-refractivity contribution < 1.29 is 9.53 Å². The third kappa shape index (κ3) is 2.57. The minimum Gasteiger partial charge on any atom is -0.466 e. The Morgan fingerprint density at radius 3 is 2.73 bits per heavy atom. The Morgan fingerprint density at radius 2 is 2.08 bits per heavy atom. The van der Waals surface area contributed by atoms with E-state index >= 15 is 0 Å². The lowest BCUT2D eigenvalue weighted by Gasteiger charge is -2.39. The van der Waals surface area contributed by atoms with Crippen LogP contribution in [0.15, 0.2) is 30.6 Å². The first-order valence-electron chi connectivity index (χ1n) is 9.46. The molecule has 136 valence electrons. The largest absolute Gasteiger partial charge is 0.466 e. The lowest BCUT2D eigenvalue weighted by atomic mass is 9.68. The number of hydrogen-bond acceptors (Lipinski definition) is 4. The normalized spacial score (nSPS) is 16.2. The fraction of sp³-hybridized carbons (Fsp3) is 0.476. The Labute approximate surface area is 153 Å². The zero-order valence-electron chi connectivity index (χ0n) is 15.7. The van der Waals surface area contributed by atoms with Crippen LogP contribution in [0.25, 0.3) is 21.9 Å². The van der Waals surface area contributed by atoms with E-state index in [1.807, 2.05) is 31.5 Å². The Kier molecular flexibility index (Phi) is 4.17. The second kappa shape index (κ2) is 6.38. The lowest BCUT2D eigenvalue weighted by Crippen LogP contribution is -2.42. The van der Waals surface area contributed by atoms with Crippen molar-refractivity contribution in [3.8, 4) is 0 Å². The summed E-state index contributed by atoms with van der Waals surface area (Å²) in [7, 11) is 0. The molecule has 1 aromatic carbocycles. The van der Waals surface area contributed by atoms with E-state index in [4.69, 9.17) is 9.72 Å². The number of nitrogens with zero attached hydrogens (tertiary/aromatic N) is 3. The van der Waals surface area contributed by atoms with Crippen molar-refractivity contribution in [2.75, 3.05) is 6.61 Å². The summed E-state index contributed by atoms with van der Waals surface area (Å²) in [4.78, 5) is 22.1. The van der Waals surface area contributed by atoms with Crippen LogP contribution in [-0.4, -0.2) is 27.1 Å². The molecule has 26 heavy (non-hydrogen) atoms. The van der Waals surface area contributed by atoms with Crippen molar-refractivity contribution >= 4 is 27.9 Å². The quantitative estimate of drug-likeness (QED) is 0.638. The number of fused-ring (bicyclic) bond motifs is 3. The number of hydrogen-bond donors (Lipinski definition) is 0. The molecular formula is C21H25N3O2. The first kappa shape index (κ1) is 17.0. The fourth-order valence-electron chi connectivity index (χ4n) is 3.97. The molecule has 2 heterocycles. The van der Waals surface area contributed by atoms with Crippen LogP contribution in [0.1, 0.15) is 51.6 Å². The number of pyridine rings is 1. The highest BCUT2D eigenvalue weighted by Gasteiger charge is 2.46. The lowest BCUT2D eigenvalue weighted by molar-refractivity contribution is -0.162. The number of carbonyl (C=O) groups excluding carboxylic acids is 1. The molecule has 0 saturated heterocycles. The molecule has 0 spiro atoms. The Morgan fingerprint density at radius 1 is 1.31 bits per heavy atom. The van der Waals surface area contributed by atoms with Crippen LogP contribution in [-0.2, 0) is 16.1 Å². The Hall–Kier alpha value is -2.43. The average molecular weight is 351 g/mol. The van der Waals surface area contributed by atoms with Crippen molar-refractivity contribution in [1.82, 2.24) is 14.5 Å². The predicted molar refractivity (Wildman–Crippen MR) is 102 cm³/mol. The minimum atomic E-state index is -0.411. The second-order valence-corrected chi connectivity index (χ2v) is 7.59. The zero-order chi connectivity index (χ0) is 18.3. The van der Waals surface area contributed by atoms with E-state index in [1.165, 1.54) is 0 Å². The molecule has 0 radical (unpaired) electrons. The van der Waals surface area contributed by atoms with Crippen LogP contribution < -0.4 is 0 Å². The zero-order valence-corrected chi connectivity index (χ0v) is 15.7. The van der Waals surface area contributed by atoms with Gasteiger partial charge >= 0.3 is 5.97 Å². The highest BCUT2D eigenvalue weighted by molar-refractivity contribution is 6.03. The fourth-order valence-corrected chi connectivity index (χ4v) is 3.97. The van der Waals surface area contributed by atoms with Gasteiger partial charge in [0.2, 0.25) is 0 Å². The first-order valence-corrected chi connectivity index (χ1v) is 9.46. The maximum absolute atomic E-state index is 12.6. The summed E-state index contributed by atoms with van der Waals surface area (Å²) in [6, 6.07) is 8.17. The van der Waals surface area contributed by atoms with Gasteiger partial charge in [-0.3, -0.25) is 9.78 Å². The van der Waals surface area contributed by atoms with Crippen LogP contribution in [0.4, 0.5) is 0 Å². The van der Waals surface area contributed by atoms with Crippen LogP contribution in [0.2, 0.25) is 0 Å². The summed E-state index contributed by atoms with van der Waals surface area (Å²) in [5.41, 5.74) is 3.60. The average Bonchev–Trinajstić information content (AvgIpc) is 3.01. The van der Waals surface area contributed by atoms with Gasteiger partial charge < -0.3 is 9.30 Å². The topological polar surface area (TPSA) is 57.0 Å². The van der Waals surface area contributed by atoms with Gasteiger partial charge in [-0.2, -0.15) is 0 Å². The SMILES string of the molecule is CCOC(=O)C1(Cn2cnc3c(C(C)C)nc4ccccc4c32)CCC1. The molecule has 0 amide bonds. The molecule has 1 saturated carbocycles. The number of aromatic nitrogens is 3. The standard InChI is InChI=1S/C21H25N3O2/c1-4-26-20(25)21(10-7-11-21)12-24-13-22-18-17(14(2)3)23-16-9-6-5-8-15(16)19(18)24/h5-6,8-9,13-14H,4,7,10-12H2,1-3H3. The van der Waals surface area contributed by atoms with E-state index < -0.39 is 5.41 Å². The van der Waals surface area contributed by atoms with E-state index in [1.54, 1.807) is 0 Å². The van der Waals surface area contributed by atoms with E-state index in [-0.39, 0.29) is 11.9 Å². The number of carbonyl (C=O) groups is 1. The molecule has 0 aliphatic heterocycles. The predicted octanol–water partition coefficient (Wildman–Crippen LogP) is 4.44. The van der Waals surface area contributed by atoms with Crippen molar-refractivity contribution in [2.45, 2.75) is 52.5 Å². The Bertz CT molecular complexity index is 970. The van der Waals surface area contributed by atoms with Gasteiger partial charge in [0, 0.05) is 11.9 Å². The molecule has 3 aromatic rings. The maximum atomic E-state index is 12.6. The van der Waals surface area contributed by atoms with Crippen LogP contribution in [0.5, 0.6) is 0 Å². The number of esters is 1. The molecule has 0 N–H and O–H groups in total. The molecule has 1 fully saturated rings. The monoisotopic (exact) mass is 351 g/mol. The van der Waals surface area contributed by atoms with Crippen LogP contribution in [0.3, 0.4) is 0 Å². The smallest absolute Gasteiger partial charge is 0.313 e. The summed E-state index contributed by atoms with van der Waals surface area (Å²) >= 11 is 0. The highest BCUT2D eigenvalue weighted by Crippen LogP contribution is 2.44. The molecule has 0 bridgehead atoms. The first-order chi connectivity index (χ1) is 12.6. The van der Waals surface area contributed by atoms with Gasteiger partial charge in [-0.05, 0) is 31.7 Å². The molecule has 5 nitrogen and oxygen atoms in total. The summed E-state index contributed by atoms with van der Waals surface area (Å²) in [5.74, 6) is 0.212. The molecular weight excluding hydrogens is 326 g/mol. The molecule has 0 atom stereocenters. The second-order valence-electron chi connectivity index (χ2n) is 7.59. The number of rotatable bonds is 5. The van der Waals surface area contributed by atoms with E-state index in [0.717, 1.165) is 46.9 Å². The van der Waals surface area contributed by atoms with Crippen molar-refractivity contribution in [1.29, 1.82) is 0 Å². The van der Waals surface area contributed by atoms with Crippen molar-refractivity contribution in [3.63, 3.8) is 0 Å². The number of imidazole rings is 1.